The van der Waals surface area contributed by atoms with Crippen molar-refractivity contribution >= 4 is 23.8 Å². The lowest BCUT2D eigenvalue weighted by molar-refractivity contribution is -0.155. The van der Waals surface area contributed by atoms with Gasteiger partial charge in [0.05, 0.1) is 0 Å². The van der Waals surface area contributed by atoms with Crippen LogP contribution in [0.1, 0.15) is 185 Å². The molecule has 0 aromatic carbocycles. The van der Waals surface area contributed by atoms with Crippen LogP contribution in [-0.4, -0.2) is 46.2 Å². The standard InChI is InChI=1S/C36H67NO7/c1-11-12-13-14-15-16-17-18-19-20-21-22-29(38)37-36(26-23-30(39)42-33(2,3)4,27-24-31(40)43-34(5,6)7)28-25-32(41)44-35(8,9)10/h11-28H2,1-10H3,(H,37,38). The van der Waals surface area contributed by atoms with E-state index in [1.54, 1.807) is 62.3 Å². The van der Waals surface area contributed by atoms with E-state index < -0.39 is 40.2 Å². The van der Waals surface area contributed by atoms with Crippen LogP contribution in [0.4, 0.5) is 0 Å². The summed E-state index contributed by atoms with van der Waals surface area (Å²) in [4.78, 5) is 51.4. The third-order valence-corrected chi connectivity index (χ3v) is 7.10. The summed E-state index contributed by atoms with van der Waals surface area (Å²) in [7, 11) is 0. The summed E-state index contributed by atoms with van der Waals surface area (Å²) >= 11 is 0. The zero-order valence-corrected chi connectivity index (χ0v) is 30.1. The average molecular weight is 626 g/mol. The van der Waals surface area contributed by atoms with Crippen molar-refractivity contribution in [3.05, 3.63) is 0 Å². The quantitative estimate of drug-likeness (QED) is 0.0727. The SMILES string of the molecule is CCCCCCCCCCCCCC(=O)NC(CCC(=O)OC(C)(C)C)(CCC(=O)OC(C)(C)C)CCC(=O)OC(C)(C)C. The second-order valence-corrected chi connectivity index (χ2v) is 15.4. The molecule has 0 atom stereocenters. The second-order valence-electron chi connectivity index (χ2n) is 15.4. The zero-order chi connectivity index (χ0) is 33.9. The number of unbranched alkanes of at least 4 members (excludes halogenated alkanes) is 10. The summed E-state index contributed by atoms with van der Waals surface area (Å²) in [5.74, 6) is -1.32. The Kier molecular flexibility index (Phi) is 19.8. The third kappa shape index (κ3) is 25.2. The molecule has 0 spiro atoms. The summed E-state index contributed by atoms with van der Waals surface area (Å²) in [6.07, 6.45) is 14.3. The molecular formula is C36H67NO7. The van der Waals surface area contributed by atoms with Gasteiger partial charge in [-0.1, -0.05) is 71.1 Å². The Balaban J connectivity index is 5.44. The number of esters is 3. The van der Waals surface area contributed by atoms with Crippen LogP contribution in [0.25, 0.3) is 0 Å². The number of carbonyl (C=O) groups excluding carboxylic acids is 4. The first-order valence-electron chi connectivity index (χ1n) is 17.2. The highest BCUT2D eigenvalue weighted by molar-refractivity contribution is 5.78. The second kappa shape index (κ2) is 20.8. The van der Waals surface area contributed by atoms with Crippen molar-refractivity contribution in [1.82, 2.24) is 5.32 Å². The highest BCUT2D eigenvalue weighted by atomic mass is 16.6. The van der Waals surface area contributed by atoms with E-state index >= 15 is 0 Å². The van der Waals surface area contributed by atoms with Gasteiger partial charge in [-0.3, -0.25) is 19.2 Å². The average Bonchev–Trinajstić information content (AvgIpc) is 2.85. The molecule has 0 radical (unpaired) electrons. The van der Waals surface area contributed by atoms with Gasteiger partial charge in [0.1, 0.15) is 16.8 Å². The van der Waals surface area contributed by atoms with Gasteiger partial charge in [0.15, 0.2) is 0 Å². The molecule has 0 heterocycles. The Morgan fingerprint density at radius 3 is 1.05 bits per heavy atom. The van der Waals surface area contributed by atoms with Crippen LogP contribution in [0.3, 0.4) is 0 Å². The van der Waals surface area contributed by atoms with Gasteiger partial charge in [0.2, 0.25) is 5.91 Å². The van der Waals surface area contributed by atoms with Crippen LogP contribution in [0.15, 0.2) is 0 Å². The topological polar surface area (TPSA) is 108 Å². The number of rotatable bonds is 22. The fraction of sp³-hybridized carbons (Fsp3) is 0.889. The van der Waals surface area contributed by atoms with Crippen LogP contribution in [0.2, 0.25) is 0 Å². The minimum absolute atomic E-state index is 0.0403. The Hall–Kier alpha value is -2.12. The molecular weight excluding hydrogens is 558 g/mol. The molecule has 1 amide bonds. The first kappa shape index (κ1) is 41.9. The Morgan fingerprint density at radius 2 is 0.750 bits per heavy atom. The zero-order valence-electron chi connectivity index (χ0n) is 30.1. The first-order chi connectivity index (χ1) is 20.3. The van der Waals surface area contributed by atoms with Gasteiger partial charge in [0, 0.05) is 31.2 Å². The molecule has 44 heavy (non-hydrogen) atoms. The van der Waals surface area contributed by atoms with E-state index in [2.05, 4.69) is 12.2 Å². The molecule has 258 valence electrons. The molecule has 0 aliphatic heterocycles. The molecule has 0 aromatic rings. The van der Waals surface area contributed by atoms with E-state index in [-0.39, 0.29) is 44.4 Å². The number of nitrogens with one attached hydrogen (secondary N) is 1. The van der Waals surface area contributed by atoms with Gasteiger partial charge in [-0.05, 0) is 88.0 Å². The molecule has 0 aliphatic carbocycles. The van der Waals surface area contributed by atoms with Crippen LogP contribution in [0, 0.1) is 0 Å². The Morgan fingerprint density at radius 1 is 0.455 bits per heavy atom. The van der Waals surface area contributed by atoms with E-state index in [9.17, 15) is 19.2 Å². The fourth-order valence-electron chi connectivity index (χ4n) is 5.07. The van der Waals surface area contributed by atoms with E-state index in [0.717, 1.165) is 19.3 Å². The summed E-state index contributed by atoms with van der Waals surface area (Å²) < 4.78 is 16.6. The maximum absolute atomic E-state index is 13.3. The summed E-state index contributed by atoms with van der Waals surface area (Å²) in [5, 5.41) is 3.16. The van der Waals surface area contributed by atoms with Crippen LogP contribution < -0.4 is 5.32 Å². The van der Waals surface area contributed by atoms with E-state index in [1.165, 1.54) is 51.4 Å². The molecule has 0 saturated carbocycles. The number of hydrogen-bond acceptors (Lipinski definition) is 7. The van der Waals surface area contributed by atoms with Crippen molar-refractivity contribution in [3.63, 3.8) is 0 Å². The normalized spacial score (nSPS) is 12.5. The molecule has 0 unspecified atom stereocenters. The van der Waals surface area contributed by atoms with Crippen molar-refractivity contribution < 1.29 is 33.4 Å². The van der Waals surface area contributed by atoms with Crippen molar-refractivity contribution in [3.8, 4) is 0 Å². The molecule has 0 fully saturated rings. The molecule has 0 bridgehead atoms. The van der Waals surface area contributed by atoms with E-state index in [0.29, 0.717) is 6.42 Å². The number of carbonyl (C=O) groups is 4. The Bertz CT molecular complexity index is 767. The molecule has 1 N–H and O–H groups in total. The van der Waals surface area contributed by atoms with Gasteiger partial charge in [0.25, 0.3) is 0 Å². The van der Waals surface area contributed by atoms with Gasteiger partial charge < -0.3 is 19.5 Å². The van der Waals surface area contributed by atoms with Crippen molar-refractivity contribution in [2.75, 3.05) is 0 Å². The maximum atomic E-state index is 13.3. The highest BCUT2D eigenvalue weighted by Gasteiger charge is 2.35. The van der Waals surface area contributed by atoms with Crippen molar-refractivity contribution in [2.45, 2.75) is 207 Å². The summed E-state index contributed by atoms with van der Waals surface area (Å²) in [6, 6.07) is 0. The minimum atomic E-state index is -0.973. The van der Waals surface area contributed by atoms with Crippen molar-refractivity contribution in [2.24, 2.45) is 0 Å². The predicted molar refractivity (Wildman–Crippen MR) is 177 cm³/mol. The lowest BCUT2D eigenvalue weighted by Crippen LogP contribution is -2.50. The number of amides is 1. The predicted octanol–water partition coefficient (Wildman–Crippen LogP) is 8.91. The van der Waals surface area contributed by atoms with E-state index in [1.807, 2.05) is 0 Å². The van der Waals surface area contributed by atoms with Gasteiger partial charge >= 0.3 is 17.9 Å². The molecule has 0 aliphatic rings. The molecule has 8 heteroatoms. The van der Waals surface area contributed by atoms with E-state index in [4.69, 9.17) is 14.2 Å². The van der Waals surface area contributed by atoms with Crippen LogP contribution >= 0.6 is 0 Å². The van der Waals surface area contributed by atoms with Crippen molar-refractivity contribution in [1.29, 1.82) is 0 Å². The molecule has 0 saturated heterocycles. The molecule has 8 nitrogen and oxygen atoms in total. The highest BCUT2D eigenvalue weighted by Crippen LogP contribution is 2.29. The van der Waals surface area contributed by atoms with Gasteiger partial charge in [-0.15, -0.1) is 0 Å². The monoisotopic (exact) mass is 625 g/mol. The smallest absolute Gasteiger partial charge is 0.306 e. The fourth-order valence-corrected chi connectivity index (χ4v) is 5.07. The lowest BCUT2D eigenvalue weighted by atomic mass is 9.83. The largest absolute Gasteiger partial charge is 0.460 e. The Labute approximate surface area is 269 Å². The third-order valence-electron chi connectivity index (χ3n) is 7.10. The number of hydrogen-bond donors (Lipinski definition) is 1. The minimum Gasteiger partial charge on any atom is -0.460 e. The summed E-state index contributed by atoms with van der Waals surface area (Å²) in [5.41, 5.74) is -2.92. The van der Waals surface area contributed by atoms with Crippen LogP contribution in [0.5, 0.6) is 0 Å². The molecule has 0 aromatic heterocycles. The molecule has 0 rings (SSSR count). The van der Waals surface area contributed by atoms with Gasteiger partial charge in [-0.2, -0.15) is 0 Å². The first-order valence-corrected chi connectivity index (χ1v) is 17.2. The number of ether oxygens (including phenoxy) is 3. The summed E-state index contributed by atoms with van der Waals surface area (Å²) in [6.45, 7) is 18.5. The lowest BCUT2D eigenvalue weighted by Gasteiger charge is -2.36. The van der Waals surface area contributed by atoms with Crippen LogP contribution in [-0.2, 0) is 33.4 Å². The van der Waals surface area contributed by atoms with Gasteiger partial charge in [-0.25, -0.2) is 0 Å². The maximum Gasteiger partial charge on any atom is 0.306 e.